The average molecular weight is 557 g/mol. The van der Waals surface area contributed by atoms with Gasteiger partial charge in [0.05, 0.1) is 18.0 Å². The number of aromatic amines is 1. The van der Waals surface area contributed by atoms with Crippen LogP contribution in [-0.4, -0.2) is 47.3 Å². The molecule has 1 saturated heterocycles. The van der Waals surface area contributed by atoms with Gasteiger partial charge < -0.3 is 9.47 Å². The van der Waals surface area contributed by atoms with Crippen LogP contribution in [0.4, 0.5) is 0 Å². The number of halogens is 2. The molecule has 0 saturated carbocycles. The molecule has 38 heavy (non-hydrogen) atoms. The third-order valence-electron chi connectivity index (χ3n) is 7.60. The number of H-pyrrole nitrogens is 1. The number of rotatable bonds is 8. The van der Waals surface area contributed by atoms with Gasteiger partial charge in [-0.2, -0.15) is 5.10 Å². The summed E-state index contributed by atoms with van der Waals surface area (Å²) in [5.41, 5.74) is 5.49. The molecule has 8 heteroatoms. The fourth-order valence-electron chi connectivity index (χ4n) is 5.63. The Morgan fingerprint density at radius 2 is 2.03 bits per heavy atom. The molecule has 202 valence electrons. The Kier molecular flexibility index (Phi) is 8.32. The van der Waals surface area contributed by atoms with Crippen LogP contribution < -0.4 is 4.74 Å². The lowest BCUT2D eigenvalue weighted by Crippen LogP contribution is -2.40. The third-order valence-corrected chi connectivity index (χ3v) is 8.36. The van der Waals surface area contributed by atoms with E-state index in [-0.39, 0.29) is 23.9 Å². The van der Waals surface area contributed by atoms with E-state index in [2.05, 4.69) is 53.2 Å². The van der Waals surface area contributed by atoms with E-state index in [1.54, 1.807) is 0 Å². The minimum Gasteiger partial charge on any atom is -0.485 e. The minimum absolute atomic E-state index is 0.0437. The molecule has 1 aromatic heterocycles. The summed E-state index contributed by atoms with van der Waals surface area (Å²) in [6, 6.07) is 12.4. The van der Waals surface area contributed by atoms with Gasteiger partial charge in [0.1, 0.15) is 11.9 Å². The Morgan fingerprint density at radius 1 is 1.18 bits per heavy atom. The van der Waals surface area contributed by atoms with E-state index in [4.69, 9.17) is 32.7 Å². The molecule has 1 N–H and O–H groups in total. The van der Waals surface area contributed by atoms with Crippen LogP contribution in [0.5, 0.6) is 5.75 Å². The quantitative estimate of drug-likeness (QED) is 0.298. The van der Waals surface area contributed by atoms with Gasteiger partial charge in [0.15, 0.2) is 5.15 Å². The summed E-state index contributed by atoms with van der Waals surface area (Å²) in [6.45, 7) is 9.11. The smallest absolute Gasteiger partial charge is 0.310 e. The highest BCUT2D eigenvalue weighted by molar-refractivity contribution is 6.49. The number of carbonyl (C=O) groups excluding carboxylic acids is 1. The van der Waals surface area contributed by atoms with Gasteiger partial charge in [-0.05, 0) is 97.7 Å². The van der Waals surface area contributed by atoms with E-state index >= 15 is 0 Å². The molecule has 2 heterocycles. The summed E-state index contributed by atoms with van der Waals surface area (Å²) in [5.74, 6) is 0.971. The lowest BCUT2D eigenvalue weighted by Gasteiger charge is -2.33. The number of likely N-dealkylation sites (tertiary alicyclic amines) is 1. The van der Waals surface area contributed by atoms with Crippen molar-refractivity contribution in [1.29, 1.82) is 0 Å². The van der Waals surface area contributed by atoms with Crippen molar-refractivity contribution in [3.05, 3.63) is 63.8 Å². The second kappa shape index (κ2) is 11.7. The van der Waals surface area contributed by atoms with Crippen molar-refractivity contribution in [3.63, 3.8) is 0 Å². The maximum Gasteiger partial charge on any atom is 0.310 e. The van der Waals surface area contributed by atoms with Crippen molar-refractivity contribution in [1.82, 2.24) is 15.1 Å². The molecule has 1 aliphatic heterocycles. The number of hydrogen-bond acceptors (Lipinski definition) is 5. The van der Waals surface area contributed by atoms with Gasteiger partial charge in [-0.1, -0.05) is 43.1 Å². The number of nitrogens with zero attached hydrogens (tertiary/aromatic N) is 2. The second-order valence-corrected chi connectivity index (χ2v) is 11.4. The van der Waals surface area contributed by atoms with E-state index in [1.165, 1.54) is 11.1 Å². The Labute approximate surface area is 234 Å². The van der Waals surface area contributed by atoms with Crippen LogP contribution in [0.15, 0.2) is 42.0 Å². The Balaban J connectivity index is 1.31. The molecule has 0 amide bonds. The molecule has 2 aliphatic rings. The monoisotopic (exact) mass is 555 g/mol. The molecule has 0 spiro atoms. The van der Waals surface area contributed by atoms with E-state index in [0.29, 0.717) is 11.8 Å². The first-order valence-corrected chi connectivity index (χ1v) is 14.3. The highest BCUT2D eigenvalue weighted by atomic mass is 35.5. The Morgan fingerprint density at radius 3 is 2.82 bits per heavy atom. The fourth-order valence-corrected chi connectivity index (χ4v) is 6.17. The zero-order valence-electron chi connectivity index (χ0n) is 22.2. The number of esters is 1. The normalized spacial score (nSPS) is 19.1. The molecule has 6 nitrogen and oxygen atoms in total. The molecule has 2 aromatic carbocycles. The summed E-state index contributed by atoms with van der Waals surface area (Å²) in [6.07, 6.45) is 3.59. The van der Waals surface area contributed by atoms with Crippen molar-refractivity contribution in [2.45, 2.75) is 52.6 Å². The largest absolute Gasteiger partial charge is 0.485 e. The van der Waals surface area contributed by atoms with Crippen LogP contribution in [0.3, 0.4) is 0 Å². The highest BCUT2D eigenvalue weighted by Gasteiger charge is 2.29. The molecule has 0 radical (unpaired) electrons. The van der Waals surface area contributed by atoms with Crippen molar-refractivity contribution in [2.75, 3.05) is 26.2 Å². The van der Waals surface area contributed by atoms with Crippen LogP contribution in [0.1, 0.15) is 62.8 Å². The van der Waals surface area contributed by atoms with E-state index < -0.39 is 0 Å². The van der Waals surface area contributed by atoms with Crippen molar-refractivity contribution < 1.29 is 14.3 Å². The van der Waals surface area contributed by atoms with Crippen LogP contribution in [-0.2, 0) is 16.0 Å². The third kappa shape index (κ3) is 5.73. The van der Waals surface area contributed by atoms with Gasteiger partial charge in [0.25, 0.3) is 0 Å². The zero-order valence-corrected chi connectivity index (χ0v) is 23.7. The van der Waals surface area contributed by atoms with Gasteiger partial charge in [-0.15, -0.1) is 0 Å². The van der Waals surface area contributed by atoms with E-state index in [1.807, 2.05) is 19.1 Å². The molecular formula is C30H35Cl2N3O3. The van der Waals surface area contributed by atoms with Gasteiger partial charge in [-0.25, -0.2) is 0 Å². The summed E-state index contributed by atoms with van der Waals surface area (Å²) < 4.78 is 11.8. The van der Waals surface area contributed by atoms with Crippen LogP contribution in [0.2, 0.25) is 5.15 Å². The number of hydrogen-bond donors (Lipinski definition) is 1. The SMILES string of the molecule is CCOC(=O)C1CCCN(CC2=C(Cl)c3ccc(O[C@@H](c4ccc5[nH]nc(Cl)c5c4)C(C)C)cc3CC2)C1. The molecular weight excluding hydrogens is 521 g/mol. The number of nitrogens with one attached hydrogen (secondary N) is 1. The first kappa shape index (κ1) is 27.0. The number of benzene rings is 2. The predicted molar refractivity (Wildman–Crippen MR) is 153 cm³/mol. The fraction of sp³-hybridized carbons (Fsp3) is 0.467. The first-order valence-electron chi connectivity index (χ1n) is 13.5. The van der Waals surface area contributed by atoms with Crippen molar-refractivity contribution in [2.24, 2.45) is 11.8 Å². The van der Waals surface area contributed by atoms with Gasteiger partial charge in [0, 0.05) is 23.5 Å². The first-order chi connectivity index (χ1) is 18.3. The van der Waals surface area contributed by atoms with E-state index in [9.17, 15) is 4.79 Å². The number of aromatic nitrogens is 2. The summed E-state index contributed by atoms with van der Waals surface area (Å²) >= 11 is 13.2. The molecule has 2 atom stereocenters. The average Bonchev–Trinajstić information content (AvgIpc) is 3.29. The maximum absolute atomic E-state index is 12.3. The Hall–Kier alpha value is -2.54. The predicted octanol–water partition coefficient (Wildman–Crippen LogP) is 7.16. The van der Waals surface area contributed by atoms with Crippen LogP contribution >= 0.6 is 23.2 Å². The molecule has 5 rings (SSSR count). The van der Waals surface area contributed by atoms with Gasteiger partial charge in [-0.3, -0.25) is 14.8 Å². The van der Waals surface area contributed by atoms with Crippen molar-refractivity contribution >= 4 is 45.1 Å². The number of fused-ring (bicyclic) bond motifs is 2. The van der Waals surface area contributed by atoms with E-state index in [0.717, 1.165) is 78.1 Å². The number of aryl methyl sites for hydroxylation is 1. The standard InChI is InChI=1S/C30H35Cl2N3O3/c1-4-37-30(36)22-6-5-13-35(17-22)16-21-8-7-19-14-23(10-11-24(19)27(21)31)38-28(18(2)3)20-9-12-26-25(15-20)29(32)34-33-26/h9-12,14-15,18,22,28H,4-8,13,16-17H2,1-3H3,(H,33,34)/t22?,28-/m1/s1. The number of carbonyl (C=O) groups is 1. The summed E-state index contributed by atoms with van der Waals surface area (Å²) in [7, 11) is 0. The number of piperidine rings is 1. The minimum atomic E-state index is -0.125. The van der Waals surface area contributed by atoms with Gasteiger partial charge in [0.2, 0.25) is 0 Å². The molecule has 1 unspecified atom stereocenters. The molecule has 3 aromatic rings. The summed E-state index contributed by atoms with van der Waals surface area (Å²) in [5, 5.41) is 9.25. The van der Waals surface area contributed by atoms with Crippen LogP contribution in [0, 0.1) is 11.8 Å². The molecule has 0 bridgehead atoms. The lowest BCUT2D eigenvalue weighted by molar-refractivity contribution is -0.149. The van der Waals surface area contributed by atoms with Gasteiger partial charge >= 0.3 is 5.97 Å². The molecule has 1 aliphatic carbocycles. The number of ether oxygens (including phenoxy) is 2. The topological polar surface area (TPSA) is 67.4 Å². The van der Waals surface area contributed by atoms with Crippen molar-refractivity contribution in [3.8, 4) is 5.75 Å². The van der Waals surface area contributed by atoms with Crippen LogP contribution in [0.25, 0.3) is 15.9 Å². The Bertz CT molecular complexity index is 1350. The maximum atomic E-state index is 12.3. The lowest BCUT2D eigenvalue weighted by atomic mass is 9.90. The second-order valence-electron chi connectivity index (χ2n) is 10.7. The summed E-state index contributed by atoms with van der Waals surface area (Å²) in [4.78, 5) is 14.6. The molecule has 1 fully saturated rings. The highest BCUT2D eigenvalue weighted by Crippen LogP contribution is 2.38. The zero-order chi connectivity index (χ0) is 26.8.